The number of hydrogen-bond donors (Lipinski definition) is 2. The van der Waals surface area contributed by atoms with E-state index >= 15 is 0 Å². The Kier molecular flexibility index (Phi) is 3.44. The average molecular weight is 207 g/mol. The normalized spacial score (nSPS) is 11.9. The molecule has 0 fully saturated rings. The van der Waals surface area contributed by atoms with Crippen LogP contribution in [0.25, 0.3) is 0 Å². The van der Waals surface area contributed by atoms with Crippen LogP contribution in [0.5, 0.6) is 5.75 Å². The van der Waals surface area contributed by atoms with E-state index in [4.69, 9.17) is 5.11 Å². The van der Waals surface area contributed by atoms with Gasteiger partial charge < -0.3 is 10.4 Å². The monoisotopic (exact) mass is 207 g/mol. The lowest BCUT2D eigenvalue weighted by Gasteiger charge is -2.10. The van der Waals surface area contributed by atoms with Crippen molar-refractivity contribution in [3.63, 3.8) is 0 Å². The summed E-state index contributed by atoms with van der Waals surface area (Å²) in [6.45, 7) is 3.04. The second-order valence-electron chi connectivity index (χ2n) is 3.35. The van der Waals surface area contributed by atoms with Crippen LogP contribution in [-0.4, -0.2) is 22.8 Å². The summed E-state index contributed by atoms with van der Waals surface area (Å²) in [7, 11) is 0. The first-order chi connectivity index (χ1) is 7.00. The largest absolute Gasteiger partial charge is 0.508 e. The van der Waals surface area contributed by atoms with Crippen LogP contribution in [-0.2, 0) is 4.79 Å². The Balaban J connectivity index is 2.69. The Hall–Kier alpha value is -1.84. The van der Waals surface area contributed by atoms with Crippen LogP contribution in [0.4, 0.5) is 0 Å². The van der Waals surface area contributed by atoms with Crippen molar-refractivity contribution in [2.45, 2.75) is 19.9 Å². The molecule has 1 unspecified atom stereocenters. The lowest BCUT2D eigenvalue weighted by Crippen LogP contribution is -2.37. The molecule has 80 valence electrons. The molecule has 1 amide bonds. The van der Waals surface area contributed by atoms with E-state index in [9.17, 15) is 9.59 Å². The fourth-order valence-electron chi connectivity index (χ4n) is 0.994. The highest BCUT2D eigenvalue weighted by Crippen LogP contribution is 2.09. The average Bonchev–Trinajstić information content (AvgIpc) is 2.18. The molecule has 0 radical (unpaired) electrons. The smallest absolute Gasteiger partial charge is 0.251 e. The lowest BCUT2D eigenvalue weighted by atomic mass is 10.1. The lowest BCUT2D eigenvalue weighted by molar-refractivity contribution is -0.118. The second-order valence-corrected chi connectivity index (χ2v) is 3.35. The number of carbonyl (C=O) groups excluding carboxylic acids is 2. The molecule has 15 heavy (non-hydrogen) atoms. The first kappa shape index (κ1) is 11.2. The van der Waals surface area contributed by atoms with Gasteiger partial charge in [-0.2, -0.15) is 0 Å². The van der Waals surface area contributed by atoms with Gasteiger partial charge in [0.15, 0.2) is 5.78 Å². The summed E-state index contributed by atoms with van der Waals surface area (Å²) in [5.41, 5.74) is 0.418. The van der Waals surface area contributed by atoms with E-state index in [-0.39, 0.29) is 17.4 Å². The predicted octanol–water partition coefficient (Wildman–Crippen LogP) is 1.10. The molecule has 0 aliphatic heterocycles. The van der Waals surface area contributed by atoms with Crippen LogP contribution in [0.15, 0.2) is 24.3 Å². The van der Waals surface area contributed by atoms with Crippen LogP contribution in [0.1, 0.15) is 24.2 Å². The number of carbonyl (C=O) groups is 2. The second kappa shape index (κ2) is 4.59. The number of benzene rings is 1. The highest BCUT2D eigenvalue weighted by molar-refractivity contribution is 5.97. The predicted molar refractivity (Wildman–Crippen MR) is 55.7 cm³/mol. The molecule has 0 aliphatic rings. The molecule has 0 aliphatic carbocycles. The first-order valence-electron chi connectivity index (χ1n) is 4.61. The maximum Gasteiger partial charge on any atom is 0.251 e. The molecule has 1 rings (SSSR count). The highest BCUT2D eigenvalue weighted by atomic mass is 16.3. The number of hydrogen-bond acceptors (Lipinski definition) is 3. The molecule has 0 saturated carbocycles. The minimum atomic E-state index is -0.494. The van der Waals surface area contributed by atoms with Gasteiger partial charge in [0, 0.05) is 5.56 Å². The van der Waals surface area contributed by atoms with E-state index in [1.54, 1.807) is 6.92 Å². The molecule has 1 aromatic carbocycles. The van der Waals surface area contributed by atoms with E-state index in [1.165, 1.54) is 31.2 Å². The number of phenols is 1. The Bertz CT molecular complexity index is 370. The van der Waals surface area contributed by atoms with Crippen LogP contribution in [0, 0.1) is 0 Å². The third kappa shape index (κ3) is 3.09. The van der Waals surface area contributed by atoms with E-state index in [2.05, 4.69) is 5.32 Å². The molecule has 0 saturated heterocycles. The van der Waals surface area contributed by atoms with Crippen molar-refractivity contribution in [1.82, 2.24) is 5.32 Å². The Morgan fingerprint density at radius 3 is 2.27 bits per heavy atom. The molecule has 0 aromatic heterocycles. The number of ketones is 1. The molecule has 4 nitrogen and oxygen atoms in total. The van der Waals surface area contributed by atoms with Gasteiger partial charge in [-0.05, 0) is 38.1 Å². The number of phenolic OH excluding ortho intramolecular Hbond substituents is 1. The van der Waals surface area contributed by atoms with E-state index in [0.29, 0.717) is 5.56 Å². The standard InChI is InChI=1S/C11H13NO3/c1-7(8(2)13)12-11(15)9-3-5-10(14)6-4-9/h3-7,14H,1-2H3,(H,12,15). The van der Waals surface area contributed by atoms with Crippen molar-refractivity contribution in [2.24, 2.45) is 0 Å². The van der Waals surface area contributed by atoms with Crippen LogP contribution >= 0.6 is 0 Å². The van der Waals surface area contributed by atoms with Crippen molar-refractivity contribution >= 4 is 11.7 Å². The molecule has 1 atom stereocenters. The van der Waals surface area contributed by atoms with Crippen molar-refractivity contribution in [3.8, 4) is 5.75 Å². The molecule has 4 heteroatoms. The molecule has 0 heterocycles. The summed E-state index contributed by atoms with van der Waals surface area (Å²) >= 11 is 0. The van der Waals surface area contributed by atoms with Gasteiger partial charge in [-0.1, -0.05) is 0 Å². The minimum absolute atomic E-state index is 0.0953. The van der Waals surface area contributed by atoms with Crippen molar-refractivity contribution in [2.75, 3.05) is 0 Å². The van der Waals surface area contributed by atoms with Gasteiger partial charge in [0.1, 0.15) is 5.75 Å². The Morgan fingerprint density at radius 2 is 1.80 bits per heavy atom. The molecule has 0 bridgehead atoms. The fourth-order valence-corrected chi connectivity index (χ4v) is 0.994. The molecular formula is C11H13NO3. The quantitative estimate of drug-likeness (QED) is 0.780. The highest BCUT2D eigenvalue weighted by Gasteiger charge is 2.12. The zero-order valence-electron chi connectivity index (χ0n) is 8.65. The zero-order valence-corrected chi connectivity index (χ0v) is 8.65. The summed E-state index contributed by atoms with van der Waals surface area (Å²) in [5.74, 6) is -0.314. The van der Waals surface area contributed by atoms with E-state index in [0.717, 1.165) is 0 Å². The van der Waals surface area contributed by atoms with Gasteiger partial charge >= 0.3 is 0 Å². The summed E-state index contributed by atoms with van der Waals surface area (Å²) in [6.07, 6.45) is 0. The van der Waals surface area contributed by atoms with Crippen LogP contribution in [0.3, 0.4) is 0 Å². The fraction of sp³-hybridized carbons (Fsp3) is 0.273. The maximum atomic E-state index is 11.5. The minimum Gasteiger partial charge on any atom is -0.508 e. The topological polar surface area (TPSA) is 66.4 Å². The number of rotatable bonds is 3. The number of nitrogens with one attached hydrogen (secondary N) is 1. The van der Waals surface area contributed by atoms with Crippen molar-refractivity contribution in [3.05, 3.63) is 29.8 Å². The molecule has 1 aromatic rings. The summed E-state index contributed by atoms with van der Waals surface area (Å²) < 4.78 is 0. The van der Waals surface area contributed by atoms with Crippen molar-refractivity contribution in [1.29, 1.82) is 0 Å². The van der Waals surface area contributed by atoms with Gasteiger partial charge in [-0.3, -0.25) is 9.59 Å². The van der Waals surface area contributed by atoms with Gasteiger partial charge in [0.25, 0.3) is 5.91 Å². The third-order valence-electron chi connectivity index (χ3n) is 2.09. The van der Waals surface area contributed by atoms with Crippen LogP contribution in [0.2, 0.25) is 0 Å². The number of amides is 1. The van der Waals surface area contributed by atoms with Gasteiger partial charge in [0.2, 0.25) is 0 Å². The van der Waals surface area contributed by atoms with Gasteiger partial charge in [0.05, 0.1) is 6.04 Å². The van der Waals surface area contributed by atoms with Gasteiger partial charge in [-0.25, -0.2) is 0 Å². The third-order valence-corrected chi connectivity index (χ3v) is 2.09. The SMILES string of the molecule is CC(=O)C(C)NC(=O)c1ccc(O)cc1. The summed E-state index contributed by atoms with van der Waals surface area (Å²) in [4.78, 5) is 22.4. The molecular weight excluding hydrogens is 194 g/mol. The van der Waals surface area contributed by atoms with Crippen molar-refractivity contribution < 1.29 is 14.7 Å². The maximum absolute atomic E-state index is 11.5. The zero-order chi connectivity index (χ0) is 11.4. The number of aromatic hydroxyl groups is 1. The molecule has 2 N–H and O–H groups in total. The first-order valence-corrected chi connectivity index (χ1v) is 4.61. The van der Waals surface area contributed by atoms with Gasteiger partial charge in [-0.15, -0.1) is 0 Å². The van der Waals surface area contributed by atoms with E-state index in [1.807, 2.05) is 0 Å². The Labute approximate surface area is 87.9 Å². The molecule has 0 spiro atoms. The Morgan fingerprint density at radius 1 is 1.27 bits per heavy atom. The van der Waals surface area contributed by atoms with E-state index < -0.39 is 6.04 Å². The van der Waals surface area contributed by atoms with Crippen LogP contribution < -0.4 is 5.32 Å². The summed E-state index contributed by atoms with van der Waals surface area (Å²) in [5, 5.41) is 11.6. The summed E-state index contributed by atoms with van der Waals surface area (Å²) in [6, 6.07) is 5.35. The number of Topliss-reactive ketones (excluding diaryl/α,β-unsaturated/α-hetero) is 1.